The van der Waals surface area contributed by atoms with Crippen LogP contribution in [-0.2, 0) is 17.8 Å². The normalized spacial score (nSPS) is 31.2. The van der Waals surface area contributed by atoms with E-state index in [0.717, 1.165) is 38.0 Å². The molecular formula is C28H37N3O. The lowest BCUT2D eigenvalue weighted by atomic mass is 9.58. The number of nitrogens with one attached hydrogen (secondary N) is 2. The average molecular weight is 432 g/mol. The van der Waals surface area contributed by atoms with Crippen LogP contribution in [0.1, 0.15) is 37.8 Å². The van der Waals surface area contributed by atoms with Gasteiger partial charge in [-0.1, -0.05) is 74.5 Å². The minimum Gasteiger partial charge on any atom is -0.350 e. The molecule has 170 valence electrons. The molecule has 3 aliphatic heterocycles. The molecule has 4 heteroatoms. The summed E-state index contributed by atoms with van der Waals surface area (Å²) >= 11 is 0. The van der Waals surface area contributed by atoms with Crippen molar-refractivity contribution in [2.45, 2.75) is 51.2 Å². The molecule has 2 aromatic carbocycles. The number of nitrogens with zero attached hydrogens (tertiary/aromatic N) is 1. The monoisotopic (exact) mass is 431 g/mol. The van der Waals surface area contributed by atoms with Gasteiger partial charge in [0.2, 0.25) is 5.91 Å². The highest BCUT2D eigenvalue weighted by Gasteiger charge is 2.64. The fourth-order valence-corrected chi connectivity index (χ4v) is 6.63. The first-order valence-electron chi connectivity index (χ1n) is 12.4. The van der Waals surface area contributed by atoms with Crippen molar-refractivity contribution in [3.63, 3.8) is 0 Å². The van der Waals surface area contributed by atoms with E-state index in [0.29, 0.717) is 36.3 Å². The third-order valence-corrected chi connectivity index (χ3v) is 8.21. The van der Waals surface area contributed by atoms with Gasteiger partial charge in [-0.05, 0) is 54.7 Å². The van der Waals surface area contributed by atoms with E-state index in [1.165, 1.54) is 12.0 Å². The standard InChI is InChI=1S/C28H37N3O/c1-20(2)13-14-31-19-23-16-28(27(32)29-17-22-11-7-4-8-12-22)25(26(31)24(23)18-30-28)15-21-9-5-3-6-10-21/h3-12,20,23-26,30H,13-19H2,1-2H3,(H,29,32)/t23-,24-,25-,26?,28+/m1/s1. The number of carbonyl (C=O) groups excluding carboxylic acids is 1. The average Bonchev–Trinajstić information content (AvgIpc) is 3.12. The van der Waals surface area contributed by atoms with Crippen LogP contribution < -0.4 is 10.6 Å². The maximum Gasteiger partial charge on any atom is 0.240 e. The summed E-state index contributed by atoms with van der Waals surface area (Å²) in [5.41, 5.74) is 2.03. The molecule has 0 aromatic heterocycles. The number of hydrogen-bond acceptors (Lipinski definition) is 3. The first kappa shape index (κ1) is 21.7. The number of piperidine rings is 2. The van der Waals surface area contributed by atoms with Crippen LogP contribution in [0.2, 0.25) is 0 Å². The van der Waals surface area contributed by atoms with Crippen molar-refractivity contribution in [1.29, 1.82) is 0 Å². The lowest BCUT2D eigenvalue weighted by Gasteiger charge is -2.56. The molecule has 4 aliphatic rings. The maximum absolute atomic E-state index is 13.8. The Labute approximate surface area is 192 Å². The van der Waals surface area contributed by atoms with Crippen LogP contribution in [0.25, 0.3) is 0 Å². The van der Waals surface area contributed by atoms with Gasteiger partial charge in [0.15, 0.2) is 0 Å². The van der Waals surface area contributed by atoms with Crippen molar-refractivity contribution in [3.8, 4) is 0 Å². The SMILES string of the molecule is CC(C)CCN1C[C@H]2C[C@]3(C(=O)NCc4ccccc4)NC[C@H]2C1[C@H]3Cc1ccccc1. The van der Waals surface area contributed by atoms with Crippen LogP contribution in [0.5, 0.6) is 0 Å². The predicted molar refractivity (Wildman–Crippen MR) is 129 cm³/mol. The van der Waals surface area contributed by atoms with Gasteiger partial charge in [-0.25, -0.2) is 0 Å². The van der Waals surface area contributed by atoms with Gasteiger partial charge in [0, 0.05) is 31.6 Å². The molecular weight excluding hydrogens is 394 g/mol. The molecule has 2 N–H and O–H groups in total. The Kier molecular flexibility index (Phi) is 6.09. The molecule has 5 atom stereocenters. The lowest BCUT2D eigenvalue weighted by Crippen LogP contribution is -2.74. The van der Waals surface area contributed by atoms with E-state index in [9.17, 15) is 4.79 Å². The van der Waals surface area contributed by atoms with E-state index < -0.39 is 5.54 Å². The summed E-state index contributed by atoms with van der Waals surface area (Å²) in [6.45, 7) is 8.51. The smallest absolute Gasteiger partial charge is 0.240 e. The lowest BCUT2D eigenvalue weighted by molar-refractivity contribution is -0.138. The van der Waals surface area contributed by atoms with Crippen LogP contribution in [0.3, 0.4) is 0 Å². The Morgan fingerprint density at radius 3 is 2.47 bits per heavy atom. The Balaban J connectivity index is 1.42. The van der Waals surface area contributed by atoms with Gasteiger partial charge in [-0.2, -0.15) is 0 Å². The first-order valence-corrected chi connectivity index (χ1v) is 12.4. The summed E-state index contributed by atoms with van der Waals surface area (Å²) < 4.78 is 0. The molecule has 0 radical (unpaired) electrons. The van der Waals surface area contributed by atoms with Gasteiger partial charge < -0.3 is 10.6 Å². The summed E-state index contributed by atoms with van der Waals surface area (Å²) in [5, 5.41) is 7.10. The van der Waals surface area contributed by atoms with Crippen molar-refractivity contribution < 1.29 is 4.79 Å². The quantitative estimate of drug-likeness (QED) is 0.667. The van der Waals surface area contributed by atoms with Gasteiger partial charge in [0.05, 0.1) is 0 Å². The molecule has 3 heterocycles. The second-order valence-corrected chi connectivity index (χ2v) is 10.6. The fourth-order valence-electron chi connectivity index (χ4n) is 6.63. The second-order valence-electron chi connectivity index (χ2n) is 10.6. The highest BCUT2D eigenvalue weighted by Crippen LogP contribution is 2.52. The van der Waals surface area contributed by atoms with Crippen molar-refractivity contribution in [3.05, 3.63) is 71.8 Å². The number of carbonyl (C=O) groups is 1. The number of hydrogen-bond donors (Lipinski definition) is 2. The van der Waals surface area contributed by atoms with Crippen LogP contribution >= 0.6 is 0 Å². The van der Waals surface area contributed by atoms with E-state index in [1.54, 1.807) is 0 Å². The summed E-state index contributed by atoms with van der Waals surface area (Å²) in [6.07, 6.45) is 3.15. The summed E-state index contributed by atoms with van der Waals surface area (Å²) in [7, 11) is 0. The van der Waals surface area contributed by atoms with Crippen LogP contribution in [0, 0.1) is 23.7 Å². The Hall–Kier alpha value is -2.17. The molecule has 1 saturated carbocycles. The van der Waals surface area contributed by atoms with E-state index in [4.69, 9.17) is 0 Å². The Morgan fingerprint density at radius 2 is 1.78 bits per heavy atom. The zero-order valence-electron chi connectivity index (χ0n) is 19.5. The van der Waals surface area contributed by atoms with Crippen molar-refractivity contribution in [1.82, 2.24) is 15.5 Å². The highest BCUT2D eigenvalue weighted by molar-refractivity contribution is 5.87. The first-order chi connectivity index (χ1) is 15.6. The van der Waals surface area contributed by atoms with Crippen LogP contribution in [-0.4, -0.2) is 42.0 Å². The Bertz CT molecular complexity index is 915. The highest BCUT2D eigenvalue weighted by atomic mass is 16.2. The topological polar surface area (TPSA) is 44.4 Å². The molecule has 1 unspecified atom stereocenters. The fraction of sp³-hybridized carbons (Fsp3) is 0.536. The minimum atomic E-state index is -0.471. The number of amides is 1. The zero-order chi connectivity index (χ0) is 22.1. The molecule has 1 aliphatic carbocycles. The summed E-state index contributed by atoms with van der Waals surface area (Å²) in [4.78, 5) is 16.6. The molecule has 6 rings (SSSR count). The summed E-state index contributed by atoms with van der Waals surface area (Å²) in [6, 6.07) is 21.5. The third kappa shape index (κ3) is 3.99. The van der Waals surface area contributed by atoms with Gasteiger partial charge in [0.25, 0.3) is 0 Å². The minimum absolute atomic E-state index is 0.196. The van der Waals surface area contributed by atoms with Gasteiger partial charge in [0.1, 0.15) is 5.54 Å². The van der Waals surface area contributed by atoms with Crippen molar-refractivity contribution >= 4 is 5.91 Å². The number of fused-ring (bicyclic) bond motifs is 1. The number of rotatable bonds is 8. The van der Waals surface area contributed by atoms with Crippen LogP contribution in [0.15, 0.2) is 60.7 Å². The van der Waals surface area contributed by atoms with E-state index in [2.05, 4.69) is 71.8 Å². The summed E-state index contributed by atoms with van der Waals surface area (Å²) in [5.74, 6) is 2.50. The molecule has 1 amide bonds. The van der Waals surface area contributed by atoms with Crippen molar-refractivity contribution in [2.75, 3.05) is 19.6 Å². The molecule has 4 nitrogen and oxygen atoms in total. The zero-order valence-corrected chi connectivity index (χ0v) is 19.5. The van der Waals surface area contributed by atoms with E-state index in [1.807, 2.05) is 18.2 Å². The second kappa shape index (κ2) is 8.99. The molecule has 32 heavy (non-hydrogen) atoms. The van der Waals surface area contributed by atoms with Crippen LogP contribution in [0.4, 0.5) is 0 Å². The van der Waals surface area contributed by atoms with Gasteiger partial charge >= 0.3 is 0 Å². The molecule has 3 saturated heterocycles. The molecule has 2 aromatic rings. The molecule has 0 spiro atoms. The third-order valence-electron chi connectivity index (χ3n) is 8.21. The van der Waals surface area contributed by atoms with E-state index in [-0.39, 0.29) is 5.91 Å². The van der Waals surface area contributed by atoms with Crippen molar-refractivity contribution in [2.24, 2.45) is 23.7 Å². The molecule has 4 bridgehead atoms. The van der Waals surface area contributed by atoms with Gasteiger partial charge in [-0.15, -0.1) is 0 Å². The maximum atomic E-state index is 13.8. The number of benzene rings is 2. The molecule has 4 fully saturated rings. The van der Waals surface area contributed by atoms with Gasteiger partial charge in [-0.3, -0.25) is 9.69 Å². The van der Waals surface area contributed by atoms with E-state index >= 15 is 0 Å². The largest absolute Gasteiger partial charge is 0.350 e. The predicted octanol–water partition coefficient (Wildman–Crippen LogP) is 3.87. The number of likely N-dealkylation sites (tertiary alicyclic amines) is 1. The Morgan fingerprint density at radius 1 is 1.09 bits per heavy atom.